The Morgan fingerprint density at radius 1 is 0.815 bits per heavy atom. The maximum atomic E-state index is 6.04. The summed E-state index contributed by atoms with van der Waals surface area (Å²) in [6.45, 7) is 0. The second-order valence-electron chi connectivity index (χ2n) is 5.85. The summed E-state index contributed by atoms with van der Waals surface area (Å²) in [7, 11) is 0. The average Bonchev–Trinajstić information content (AvgIpc) is 3.14. The van der Waals surface area contributed by atoms with E-state index in [9.17, 15) is 0 Å². The van der Waals surface area contributed by atoms with Crippen molar-refractivity contribution in [1.29, 1.82) is 0 Å². The molecule has 27 heavy (non-hydrogen) atoms. The van der Waals surface area contributed by atoms with Gasteiger partial charge >= 0.3 is 0 Å². The molecule has 0 amide bonds. The molecule has 4 rings (SSSR count). The third kappa shape index (κ3) is 4.25. The maximum absolute atomic E-state index is 6.04. The molecular formula is C22H16ClN3S. The first-order valence-corrected chi connectivity index (χ1v) is 9.65. The molecule has 1 aromatic heterocycles. The number of hydrogen-bond acceptors (Lipinski definition) is 4. The zero-order valence-electron chi connectivity index (χ0n) is 14.3. The third-order valence-electron chi connectivity index (χ3n) is 3.95. The molecule has 0 saturated carbocycles. The largest absolute Gasteiger partial charge is 0.253 e. The SMILES string of the molecule is Clc1ccc(-c2nc(N/N=C\c3ccccc3)sc2-c2ccccc2)cc1. The van der Waals surface area contributed by atoms with Crippen molar-refractivity contribution in [3.05, 3.63) is 95.5 Å². The number of benzene rings is 3. The summed E-state index contributed by atoms with van der Waals surface area (Å²) in [5.41, 5.74) is 7.15. The number of hydrogen-bond donors (Lipinski definition) is 1. The lowest BCUT2D eigenvalue weighted by atomic mass is 10.1. The lowest BCUT2D eigenvalue weighted by molar-refractivity contribution is 1.29. The first kappa shape index (κ1) is 17.5. The molecule has 0 fully saturated rings. The molecule has 0 aliphatic carbocycles. The lowest BCUT2D eigenvalue weighted by Gasteiger charge is -2.02. The van der Waals surface area contributed by atoms with Gasteiger partial charge < -0.3 is 0 Å². The van der Waals surface area contributed by atoms with E-state index in [2.05, 4.69) is 22.7 Å². The van der Waals surface area contributed by atoms with Crippen LogP contribution in [0.1, 0.15) is 5.56 Å². The van der Waals surface area contributed by atoms with Gasteiger partial charge in [-0.1, -0.05) is 95.7 Å². The number of nitrogens with zero attached hydrogens (tertiary/aromatic N) is 2. The van der Waals surface area contributed by atoms with Crippen LogP contribution >= 0.6 is 22.9 Å². The number of rotatable bonds is 5. The van der Waals surface area contributed by atoms with Crippen molar-refractivity contribution in [3.8, 4) is 21.7 Å². The number of nitrogens with one attached hydrogen (secondary N) is 1. The molecule has 0 unspecified atom stereocenters. The van der Waals surface area contributed by atoms with Gasteiger partial charge in [0, 0.05) is 10.6 Å². The summed E-state index contributed by atoms with van der Waals surface area (Å²) < 4.78 is 0. The van der Waals surface area contributed by atoms with Crippen LogP contribution in [-0.4, -0.2) is 11.2 Å². The molecule has 0 bridgehead atoms. The topological polar surface area (TPSA) is 37.3 Å². The van der Waals surface area contributed by atoms with Crippen LogP contribution in [0, 0.1) is 0 Å². The second kappa shape index (κ2) is 8.16. The standard InChI is InChI=1S/C22H16ClN3S/c23-19-13-11-17(12-14-19)20-21(18-9-5-2-6-10-18)27-22(25-20)26-24-15-16-7-3-1-4-8-16/h1-15H,(H,25,26)/b24-15-. The molecule has 3 aromatic carbocycles. The van der Waals surface area contributed by atoms with Crippen LogP contribution in [0.5, 0.6) is 0 Å². The highest BCUT2D eigenvalue weighted by molar-refractivity contribution is 7.19. The maximum Gasteiger partial charge on any atom is 0.204 e. The molecular weight excluding hydrogens is 374 g/mol. The van der Waals surface area contributed by atoms with E-state index in [1.54, 1.807) is 17.6 Å². The average molecular weight is 390 g/mol. The summed E-state index contributed by atoms with van der Waals surface area (Å²) in [5, 5.41) is 5.77. The Kier molecular flexibility index (Phi) is 5.28. The molecule has 0 aliphatic rings. The van der Waals surface area contributed by atoms with Crippen molar-refractivity contribution in [2.45, 2.75) is 0 Å². The molecule has 132 valence electrons. The van der Waals surface area contributed by atoms with E-state index < -0.39 is 0 Å². The minimum Gasteiger partial charge on any atom is -0.253 e. The van der Waals surface area contributed by atoms with Gasteiger partial charge in [0.1, 0.15) is 0 Å². The van der Waals surface area contributed by atoms with Gasteiger partial charge in [-0.3, -0.25) is 5.43 Å². The molecule has 5 heteroatoms. The van der Waals surface area contributed by atoms with Crippen LogP contribution < -0.4 is 5.43 Å². The van der Waals surface area contributed by atoms with Crippen molar-refractivity contribution in [3.63, 3.8) is 0 Å². The fourth-order valence-corrected chi connectivity index (χ4v) is 3.73. The zero-order chi connectivity index (χ0) is 18.5. The number of hydrazone groups is 1. The predicted octanol–water partition coefficient (Wildman–Crippen LogP) is 6.58. The van der Waals surface area contributed by atoms with Crippen molar-refractivity contribution in [2.24, 2.45) is 5.10 Å². The van der Waals surface area contributed by atoms with Crippen LogP contribution in [0.3, 0.4) is 0 Å². The van der Waals surface area contributed by atoms with Gasteiger partial charge in [-0.25, -0.2) is 4.98 Å². The highest BCUT2D eigenvalue weighted by Crippen LogP contribution is 2.39. The summed E-state index contributed by atoms with van der Waals surface area (Å²) in [6, 6.07) is 27.9. The summed E-state index contributed by atoms with van der Waals surface area (Å²) in [5.74, 6) is 0. The van der Waals surface area contributed by atoms with E-state index in [-0.39, 0.29) is 0 Å². The molecule has 1 heterocycles. The molecule has 0 spiro atoms. The second-order valence-corrected chi connectivity index (χ2v) is 7.29. The fraction of sp³-hybridized carbons (Fsp3) is 0. The molecule has 0 radical (unpaired) electrons. The molecule has 4 aromatic rings. The molecule has 0 atom stereocenters. The van der Waals surface area contributed by atoms with E-state index in [4.69, 9.17) is 16.6 Å². The molecule has 3 nitrogen and oxygen atoms in total. The van der Waals surface area contributed by atoms with Gasteiger partial charge in [-0.15, -0.1) is 0 Å². The van der Waals surface area contributed by atoms with Crippen LogP contribution in [0.15, 0.2) is 90.0 Å². The van der Waals surface area contributed by atoms with Crippen LogP contribution in [-0.2, 0) is 0 Å². The van der Waals surface area contributed by atoms with Crippen molar-refractivity contribution < 1.29 is 0 Å². The number of halogens is 1. The first-order valence-electron chi connectivity index (χ1n) is 8.46. The Hall–Kier alpha value is -2.95. The van der Waals surface area contributed by atoms with Gasteiger partial charge in [-0.2, -0.15) is 5.10 Å². The minimum atomic E-state index is 0.709. The monoisotopic (exact) mass is 389 g/mol. The molecule has 0 aliphatic heterocycles. The Morgan fingerprint density at radius 2 is 1.48 bits per heavy atom. The Labute approximate surface area is 167 Å². The van der Waals surface area contributed by atoms with Gasteiger partial charge in [0.05, 0.1) is 16.8 Å². The van der Waals surface area contributed by atoms with Crippen LogP contribution in [0.25, 0.3) is 21.7 Å². The zero-order valence-corrected chi connectivity index (χ0v) is 15.9. The van der Waals surface area contributed by atoms with Gasteiger partial charge in [0.15, 0.2) is 0 Å². The summed E-state index contributed by atoms with van der Waals surface area (Å²) in [6.07, 6.45) is 1.78. The summed E-state index contributed by atoms with van der Waals surface area (Å²) in [4.78, 5) is 5.86. The van der Waals surface area contributed by atoms with Crippen molar-refractivity contribution in [2.75, 3.05) is 5.43 Å². The smallest absolute Gasteiger partial charge is 0.204 e. The summed E-state index contributed by atoms with van der Waals surface area (Å²) >= 11 is 7.62. The predicted molar refractivity (Wildman–Crippen MR) is 116 cm³/mol. The highest BCUT2D eigenvalue weighted by Gasteiger charge is 2.14. The van der Waals surface area contributed by atoms with Crippen molar-refractivity contribution >= 4 is 34.3 Å². The number of aromatic nitrogens is 1. The number of thiazole rings is 1. The van der Waals surface area contributed by atoms with E-state index in [0.717, 1.165) is 32.4 Å². The van der Waals surface area contributed by atoms with Crippen molar-refractivity contribution in [1.82, 2.24) is 4.98 Å². The Balaban J connectivity index is 1.67. The quantitative estimate of drug-likeness (QED) is 0.309. The minimum absolute atomic E-state index is 0.709. The van der Waals surface area contributed by atoms with Gasteiger partial charge in [0.25, 0.3) is 0 Å². The Morgan fingerprint density at radius 3 is 2.19 bits per heavy atom. The molecule has 1 N–H and O–H groups in total. The van der Waals surface area contributed by atoms with E-state index in [1.807, 2.05) is 72.8 Å². The normalized spacial score (nSPS) is 11.0. The van der Waals surface area contributed by atoms with Crippen LogP contribution in [0.4, 0.5) is 5.13 Å². The lowest BCUT2D eigenvalue weighted by Crippen LogP contribution is -1.90. The fourth-order valence-electron chi connectivity index (χ4n) is 2.66. The highest BCUT2D eigenvalue weighted by atomic mass is 35.5. The van der Waals surface area contributed by atoms with Gasteiger partial charge in [0.2, 0.25) is 5.13 Å². The number of anilines is 1. The Bertz CT molecular complexity index is 1040. The van der Waals surface area contributed by atoms with E-state index in [1.165, 1.54) is 0 Å². The van der Waals surface area contributed by atoms with E-state index in [0.29, 0.717) is 5.02 Å². The van der Waals surface area contributed by atoms with E-state index >= 15 is 0 Å². The van der Waals surface area contributed by atoms with Crippen LogP contribution in [0.2, 0.25) is 5.02 Å². The first-order chi connectivity index (χ1) is 13.3. The third-order valence-corrected chi connectivity index (χ3v) is 5.22. The van der Waals surface area contributed by atoms with Gasteiger partial charge in [-0.05, 0) is 23.3 Å². The molecule has 0 saturated heterocycles.